The molecule has 0 saturated carbocycles. The van der Waals surface area contributed by atoms with Gasteiger partial charge in [0.15, 0.2) is 0 Å². The number of hydrogen-bond donors (Lipinski definition) is 0. The number of amides is 1. The summed E-state index contributed by atoms with van der Waals surface area (Å²) in [4.78, 5) is 18.1. The van der Waals surface area contributed by atoms with E-state index in [0.717, 1.165) is 31.9 Å². The summed E-state index contributed by atoms with van der Waals surface area (Å²) in [6.07, 6.45) is 0. The summed E-state index contributed by atoms with van der Waals surface area (Å²) in [5.74, 6) is 1.11. The van der Waals surface area contributed by atoms with E-state index in [-0.39, 0.29) is 17.9 Å². The molecular formula is C16H19N3OS. The highest BCUT2D eigenvalue weighted by atomic mass is 32.2. The van der Waals surface area contributed by atoms with E-state index in [1.165, 1.54) is 10.5 Å². The first-order chi connectivity index (χ1) is 10.2. The number of hydrogen-bond acceptors (Lipinski definition) is 4. The van der Waals surface area contributed by atoms with Crippen LogP contribution in [0.1, 0.15) is 18.4 Å². The van der Waals surface area contributed by atoms with Crippen molar-refractivity contribution in [2.75, 3.05) is 31.9 Å². The molecule has 1 fully saturated rings. The standard InChI is InChI=1S/C16H19N3OS/c1-12(10-17)18-6-8-19(9-7-18)16(20)14-11-21-15-5-3-2-4-13(14)15/h2-5,12,14H,6-9,11H2,1H3. The van der Waals surface area contributed by atoms with Gasteiger partial charge in [0.2, 0.25) is 5.91 Å². The summed E-state index contributed by atoms with van der Waals surface area (Å²) in [5, 5.41) is 8.97. The van der Waals surface area contributed by atoms with Gasteiger partial charge in [-0.15, -0.1) is 11.8 Å². The fourth-order valence-corrected chi connectivity index (χ4v) is 4.22. The van der Waals surface area contributed by atoms with Crippen molar-refractivity contribution in [2.45, 2.75) is 23.8 Å². The van der Waals surface area contributed by atoms with Gasteiger partial charge < -0.3 is 4.90 Å². The van der Waals surface area contributed by atoms with Crippen molar-refractivity contribution in [1.29, 1.82) is 5.26 Å². The number of rotatable bonds is 2. The predicted octanol–water partition coefficient (Wildman–Crippen LogP) is 1.93. The molecule has 1 aromatic rings. The summed E-state index contributed by atoms with van der Waals surface area (Å²) in [6.45, 7) is 4.97. The lowest BCUT2D eigenvalue weighted by Crippen LogP contribution is -2.52. The van der Waals surface area contributed by atoms with Gasteiger partial charge in [-0.25, -0.2) is 0 Å². The Labute approximate surface area is 129 Å². The van der Waals surface area contributed by atoms with Gasteiger partial charge in [-0.2, -0.15) is 5.26 Å². The average Bonchev–Trinajstić information content (AvgIpc) is 2.97. The lowest BCUT2D eigenvalue weighted by molar-refractivity contribution is -0.134. The van der Waals surface area contributed by atoms with Gasteiger partial charge in [-0.05, 0) is 18.6 Å². The van der Waals surface area contributed by atoms with Crippen LogP contribution in [0.2, 0.25) is 0 Å². The van der Waals surface area contributed by atoms with E-state index >= 15 is 0 Å². The predicted molar refractivity (Wildman–Crippen MR) is 83.1 cm³/mol. The van der Waals surface area contributed by atoms with Crippen LogP contribution in [-0.2, 0) is 4.79 Å². The fourth-order valence-electron chi connectivity index (χ4n) is 3.00. The molecule has 2 unspecified atom stereocenters. The van der Waals surface area contributed by atoms with Crippen molar-refractivity contribution in [2.24, 2.45) is 0 Å². The molecule has 5 heteroatoms. The molecule has 0 aromatic heterocycles. The SMILES string of the molecule is CC(C#N)N1CCN(C(=O)C2CSc3ccccc32)CC1. The Morgan fingerprint density at radius 2 is 2.05 bits per heavy atom. The zero-order valence-electron chi connectivity index (χ0n) is 12.2. The average molecular weight is 301 g/mol. The van der Waals surface area contributed by atoms with Crippen LogP contribution in [0.4, 0.5) is 0 Å². The topological polar surface area (TPSA) is 47.3 Å². The van der Waals surface area contributed by atoms with Crippen LogP contribution in [0, 0.1) is 11.3 Å². The first-order valence-corrected chi connectivity index (χ1v) is 8.33. The maximum atomic E-state index is 12.7. The maximum absolute atomic E-state index is 12.7. The molecule has 4 nitrogen and oxygen atoms in total. The minimum Gasteiger partial charge on any atom is -0.340 e. The molecule has 21 heavy (non-hydrogen) atoms. The lowest BCUT2D eigenvalue weighted by atomic mass is 9.99. The van der Waals surface area contributed by atoms with Crippen LogP contribution < -0.4 is 0 Å². The van der Waals surface area contributed by atoms with Gasteiger partial charge in [-0.3, -0.25) is 9.69 Å². The third-order valence-electron chi connectivity index (χ3n) is 4.36. The molecule has 0 N–H and O–H groups in total. The number of carbonyl (C=O) groups excluding carboxylic acids is 1. The summed E-state index contributed by atoms with van der Waals surface area (Å²) in [5.41, 5.74) is 1.18. The van der Waals surface area contributed by atoms with Crippen molar-refractivity contribution in [1.82, 2.24) is 9.80 Å². The van der Waals surface area contributed by atoms with Gasteiger partial charge >= 0.3 is 0 Å². The minimum atomic E-state index is -0.0648. The summed E-state index contributed by atoms with van der Waals surface area (Å²) >= 11 is 1.78. The summed E-state index contributed by atoms with van der Waals surface area (Å²) in [7, 11) is 0. The maximum Gasteiger partial charge on any atom is 0.231 e. The number of thioether (sulfide) groups is 1. The molecule has 2 atom stereocenters. The highest BCUT2D eigenvalue weighted by Gasteiger charge is 2.33. The molecule has 0 aliphatic carbocycles. The van der Waals surface area contributed by atoms with E-state index in [1.54, 1.807) is 11.8 Å². The molecule has 1 amide bonds. The molecule has 2 aliphatic rings. The number of fused-ring (bicyclic) bond motifs is 1. The van der Waals surface area contributed by atoms with Gasteiger partial charge in [-0.1, -0.05) is 18.2 Å². The molecule has 2 aliphatic heterocycles. The Morgan fingerprint density at radius 1 is 1.33 bits per heavy atom. The van der Waals surface area contributed by atoms with Crippen molar-refractivity contribution in [3.05, 3.63) is 29.8 Å². The molecule has 110 valence electrons. The molecule has 1 aromatic carbocycles. The van der Waals surface area contributed by atoms with Crippen LogP contribution in [-0.4, -0.2) is 53.7 Å². The number of nitrogens with zero attached hydrogens (tertiary/aromatic N) is 3. The Balaban J connectivity index is 1.65. The van der Waals surface area contributed by atoms with Crippen LogP contribution in [0.25, 0.3) is 0 Å². The lowest BCUT2D eigenvalue weighted by Gasteiger charge is -2.37. The van der Waals surface area contributed by atoms with E-state index in [4.69, 9.17) is 5.26 Å². The molecule has 2 heterocycles. The van der Waals surface area contributed by atoms with E-state index in [1.807, 2.05) is 24.0 Å². The molecule has 0 radical (unpaired) electrons. The van der Waals surface area contributed by atoms with Crippen molar-refractivity contribution in [3.63, 3.8) is 0 Å². The van der Waals surface area contributed by atoms with E-state index in [9.17, 15) is 4.79 Å². The Bertz CT molecular complexity index is 575. The largest absolute Gasteiger partial charge is 0.340 e. The fraction of sp³-hybridized carbons (Fsp3) is 0.500. The van der Waals surface area contributed by atoms with Crippen LogP contribution in [0.3, 0.4) is 0 Å². The number of nitriles is 1. The summed E-state index contributed by atoms with van der Waals surface area (Å²) in [6, 6.07) is 10.4. The quantitative estimate of drug-likeness (QED) is 0.837. The normalized spacial score (nSPS) is 23.4. The first kappa shape index (κ1) is 14.4. The Morgan fingerprint density at radius 3 is 2.76 bits per heavy atom. The highest BCUT2D eigenvalue weighted by Crippen LogP contribution is 2.40. The van der Waals surface area contributed by atoms with Crippen LogP contribution in [0.15, 0.2) is 29.2 Å². The smallest absolute Gasteiger partial charge is 0.231 e. The Hall–Kier alpha value is -1.51. The van der Waals surface area contributed by atoms with Gasteiger partial charge in [0.05, 0.1) is 18.0 Å². The zero-order chi connectivity index (χ0) is 14.8. The second-order valence-electron chi connectivity index (χ2n) is 5.57. The second-order valence-corrected chi connectivity index (χ2v) is 6.63. The minimum absolute atomic E-state index is 0.00569. The monoisotopic (exact) mass is 301 g/mol. The summed E-state index contributed by atoms with van der Waals surface area (Å²) < 4.78 is 0. The van der Waals surface area contributed by atoms with Crippen molar-refractivity contribution < 1.29 is 4.79 Å². The van der Waals surface area contributed by atoms with E-state index in [2.05, 4.69) is 23.1 Å². The zero-order valence-corrected chi connectivity index (χ0v) is 13.0. The molecule has 1 saturated heterocycles. The van der Waals surface area contributed by atoms with Gasteiger partial charge in [0.25, 0.3) is 0 Å². The van der Waals surface area contributed by atoms with Gasteiger partial charge in [0.1, 0.15) is 0 Å². The highest BCUT2D eigenvalue weighted by molar-refractivity contribution is 7.99. The van der Waals surface area contributed by atoms with E-state index < -0.39 is 0 Å². The number of benzene rings is 1. The van der Waals surface area contributed by atoms with Crippen molar-refractivity contribution in [3.8, 4) is 6.07 Å². The van der Waals surface area contributed by atoms with E-state index in [0.29, 0.717) is 0 Å². The van der Waals surface area contributed by atoms with Crippen LogP contribution >= 0.6 is 11.8 Å². The van der Waals surface area contributed by atoms with Gasteiger partial charge in [0, 0.05) is 36.8 Å². The number of carbonyl (C=O) groups is 1. The third kappa shape index (κ3) is 2.78. The molecule has 0 bridgehead atoms. The van der Waals surface area contributed by atoms with Crippen molar-refractivity contribution >= 4 is 17.7 Å². The molecule has 0 spiro atoms. The Kier molecular flexibility index (Phi) is 4.18. The van der Waals surface area contributed by atoms with Crippen LogP contribution in [0.5, 0.6) is 0 Å². The molecular weight excluding hydrogens is 282 g/mol. The number of piperazine rings is 1. The molecule has 3 rings (SSSR count). The second kappa shape index (κ2) is 6.08. The first-order valence-electron chi connectivity index (χ1n) is 7.35. The third-order valence-corrected chi connectivity index (χ3v) is 5.54.